The second kappa shape index (κ2) is 13.8. The van der Waals surface area contributed by atoms with E-state index in [4.69, 9.17) is 9.72 Å². The van der Waals surface area contributed by atoms with Crippen LogP contribution in [-0.2, 0) is 42.8 Å². The van der Waals surface area contributed by atoms with E-state index < -0.39 is 40.2 Å². The van der Waals surface area contributed by atoms with Gasteiger partial charge in [-0.05, 0) is 34.4 Å². The maximum atomic E-state index is 14.3. The van der Waals surface area contributed by atoms with Crippen molar-refractivity contribution in [1.82, 2.24) is 20.2 Å². The van der Waals surface area contributed by atoms with E-state index in [1.54, 1.807) is 12.4 Å². The summed E-state index contributed by atoms with van der Waals surface area (Å²) < 4.78 is 20.0. The number of β-lactam (4-membered cyclic amide) rings is 1. The van der Waals surface area contributed by atoms with Crippen LogP contribution in [0.3, 0.4) is 0 Å². The molecule has 0 bridgehead atoms. The molecule has 11 heteroatoms. The van der Waals surface area contributed by atoms with E-state index in [9.17, 15) is 18.6 Å². The number of amides is 2. The summed E-state index contributed by atoms with van der Waals surface area (Å²) in [4.78, 5) is 51.1. The van der Waals surface area contributed by atoms with Crippen LogP contribution in [0.1, 0.15) is 28.5 Å². The summed E-state index contributed by atoms with van der Waals surface area (Å²) >= 11 is 1.45. The molecule has 3 aromatic carbocycles. The smallest absolute Gasteiger partial charge is 0.356 e. The first-order valence-electron chi connectivity index (χ1n) is 15.4. The van der Waals surface area contributed by atoms with Crippen molar-refractivity contribution in [2.75, 3.05) is 5.75 Å². The normalized spacial score (nSPS) is 18.6. The number of thiazole rings is 1. The first-order chi connectivity index (χ1) is 23.5. The molecule has 240 valence electrons. The highest BCUT2D eigenvalue weighted by atomic mass is 32.2. The molecule has 2 aromatic heterocycles. The molecule has 2 amide bonds. The summed E-state index contributed by atoms with van der Waals surface area (Å²) in [6, 6.07) is 30.6. The molecule has 0 spiro atoms. The summed E-state index contributed by atoms with van der Waals surface area (Å²) in [5.74, 6) is -1.57. The van der Waals surface area contributed by atoms with E-state index in [1.165, 1.54) is 16.2 Å². The van der Waals surface area contributed by atoms with Gasteiger partial charge in [0, 0.05) is 35.5 Å². The van der Waals surface area contributed by atoms with Crippen molar-refractivity contribution in [1.29, 1.82) is 0 Å². The molecule has 2 unspecified atom stereocenters. The van der Waals surface area contributed by atoms with Gasteiger partial charge in [-0.2, -0.15) is 0 Å². The first-order valence-corrected chi connectivity index (χ1v) is 17.6. The summed E-state index contributed by atoms with van der Waals surface area (Å²) in [7, 11) is -1.60. The van der Waals surface area contributed by atoms with Crippen molar-refractivity contribution in [3.63, 3.8) is 0 Å². The van der Waals surface area contributed by atoms with Crippen LogP contribution in [0.2, 0.25) is 0 Å². The Labute approximate surface area is 283 Å². The van der Waals surface area contributed by atoms with Crippen LogP contribution < -0.4 is 5.32 Å². The first kappa shape index (κ1) is 31.3. The lowest BCUT2D eigenvalue weighted by atomic mass is 9.99. The summed E-state index contributed by atoms with van der Waals surface area (Å²) in [6.07, 6.45) is 2.89. The number of ether oxygens (including phenoxy) is 1. The lowest BCUT2D eigenvalue weighted by Gasteiger charge is -2.49. The Morgan fingerprint density at radius 2 is 1.54 bits per heavy atom. The standard InChI is InChI=1S/C37H30N4O5S2/c42-30(20-24-10-4-1-5-11-24)40-31-35(43)41-32(37(44)46-33(25-12-6-2-7-13-25)26-14-8-3-9-15-26)28(23-48(45)36(31)41)21-29-22-47-34(39-29)27-16-18-38-19-17-27/h1-19,22,31,33,36H,20-21,23H2,(H,40,42)/t31?,36-,48?/m1/s1. The Bertz CT molecular complexity index is 1960. The van der Waals surface area contributed by atoms with Gasteiger partial charge >= 0.3 is 5.97 Å². The molecule has 0 radical (unpaired) electrons. The van der Waals surface area contributed by atoms with Gasteiger partial charge in [0.1, 0.15) is 22.1 Å². The summed E-state index contributed by atoms with van der Waals surface area (Å²) in [5, 5.41) is 4.53. The molecule has 1 fully saturated rings. The van der Waals surface area contributed by atoms with E-state index in [2.05, 4.69) is 10.3 Å². The molecule has 1 saturated heterocycles. The molecular formula is C37H30N4O5S2. The van der Waals surface area contributed by atoms with Crippen molar-refractivity contribution >= 4 is 39.9 Å². The molecule has 48 heavy (non-hydrogen) atoms. The maximum absolute atomic E-state index is 14.3. The fourth-order valence-corrected chi connectivity index (χ4v) is 8.48. The Balaban J connectivity index is 1.21. The highest BCUT2D eigenvalue weighted by molar-refractivity contribution is 7.86. The van der Waals surface area contributed by atoms with Crippen molar-refractivity contribution in [2.24, 2.45) is 0 Å². The van der Waals surface area contributed by atoms with E-state index in [-0.39, 0.29) is 30.2 Å². The number of pyridine rings is 1. The average molecular weight is 675 g/mol. The van der Waals surface area contributed by atoms with Crippen LogP contribution >= 0.6 is 11.3 Å². The number of carbonyl (C=O) groups excluding carboxylic acids is 3. The molecular weight excluding hydrogens is 645 g/mol. The third-order valence-corrected chi connectivity index (χ3v) is 10.8. The molecule has 9 nitrogen and oxygen atoms in total. The van der Waals surface area contributed by atoms with Gasteiger partial charge in [-0.3, -0.25) is 23.7 Å². The van der Waals surface area contributed by atoms with Gasteiger partial charge < -0.3 is 10.1 Å². The molecule has 0 saturated carbocycles. The molecule has 0 aliphatic carbocycles. The number of carbonyl (C=O) groups is 3. The SMILES string of the molecule is O=C(Cc1ccccc1)NC1C(=O)N2C(C(=O)OC(c3ccccc3)c3ccccc3)=C(Cc3csc(-c4ccncc4)n3)CS(=O)[C@H]12. The van der Waals surface area contributed by atoms with Crippen LogP contribution in [0.25, 0.3) is 10.6 Å². The predicted octanol–water partition coefficient (Wildman–Crippen LogP) is 4.99. The van der Waals surface area contributed by atoms with E-state index in [0.717, 1.165) is 27.3 Å². The van der Waals surface area contributed by atoms with Gasteiger partial charge in [0.05, 0.1) is 22.9 Å². The van der Waals surface area contributed by atoms with Crippen molar-refractivity contribution in [3.05, 3.63) is 155 Å². The second-order valence-corrected chi connectivity index (χ2v) is 13.8. The van der Waals surface area contributed by atoms with Gasteiger partial charge in [-0.1, -0.05) is 91.0 Å². The van der Waals surface area contributed by atoms with Gasteiger partial charge in [-0.25, -0.2) is 9.78 Å². The zero-order chi connectivity index (χ0) is 33.0. The Kier molecular flexibility index (Phi) is 9.04. The van der Waals surface area contributed by atoms with Crippen LogP contribution in [0, 0.1) is 0 Å². The van der Waals surface area contributed by atoms with E-state index >= 15 is 0 Å². The summed E-state index contributed by atoms with van der Waals surface area (Å²) in [5.41, 5.74) is 4.43. The third kappa shape index (κ3) is 6.47. The quantitative estimate of drug-likeness (QED) is 0.164. The van der Waals surface area contributed by atoms with Gasteiger partial charge in [0.25, 0.3) is 5.91 Å². The van der Waals surface area contributed by atoms with Gasteiger partial charge in [0.15, 0.2) is 6.10 Å². The minimum atomic E-state index is -1.60. The Hall–Kier alpha value is -5.26. The van der Waals surface area contributed by atoms with E-state index in [0.29, 0.717) is 11.3 Å². The Morgan fingerprint density at radius 3 is 2.19 bits per heavy atom. The van der Waals surface area contributed by atoms with Crippen LogP contribution in [0.5, 0.6) is 0 Å². The second-order valence-electron chi connectivity index (χ2n) is 11.4. The van der Waals surface area contributed by atoms with Crippen molar-refractivity contribution in [3.8, 4) is 10.6 Å². The van der Waals surface area contributed by atoms with Crippen LogP contribution in [0.15, 0.2) is 132 Å². The van der Waals surface area contributed by atoms with Crippen molar-refractivity contribution in [2.45, 2.75) is 30.4 Å². The molecule has 2 aliphatic rings. The highest BCUT2D eigenvalue weighted by Gasteiger charge is 2.57. The number of fused-ring (bicyclic) bond motifs is 1. The van der Waals surface area contributed by atoms with Crippen molar-refractivity contribution < 1.29 is 23.3 Å². The van der Waals surface area contributed by atoms with Crippen LogP contribution in [-0.4, -0.2) is 54.0 Å². The number of aromatic nitrogens is 2. The number of nitrogens with one attached hydrogen (secondary N) is 1. The number of benzene rings is 3. The number of hydrogen-bond acceptors (Lipinski definition) is 8. The zero-order valence-electron chi connectivity index (χ0n) is 25.6. The molecule has 1 N–H and O–H groups in total. The number of hydrogen-bond donors (Lipinski definition) is 1. The fourth-order valence-electron chi connectivity index (χ4n) is 5.96. The van der Waals surface area contributed by atoms with E-state index in [1.807, 2.05) is 109 Å². The lowest BCUT2D eigenvalue weighted by molar-refractivity contribution is -0.154. The number of nitrogens with zero attached hydrogens (tertiary/aromatic N) is 3. The van der Waals surface area contributed by atoms with Gasteiger partial charge in [0.2, 0.25) is 5.91 Å². The van der Waals surface area contributed by atoms with Crippen LogP contribution in [0.4, 0.5) is 0 Å². The van der Waals surface area contributed by atoms with Gasteiger partial charge in [-0.15, -0.1) is 11.3 Å². The summed E-state index contributed by atoms with van der Waals surface area (Å²) in [6.45, 7) is 0. The molecule has 3 atom stereocenters. The fraction of sp³-hybridized carbons (Fsp3) is 0.162. The largest absolute Gasteiger partial charge is 0.448 e. The maximum Gasteiger partial charge on any atom is 0.356 e. The molecule has 7 rings (SSSR count). The average Bonchev–Trinajstić information content (AvgIpc) is 3.59. The Morgan fingerprint density at radius 1 is 0.917 bits per heavy atom. The number of esters is 1. The molecule has 4 heterocycles. The zero-order valence-corrected chi connectivity index (χ0v) is 27.2. The highest BCUT2D eigenvalue weighted by Crippen LogP contribution is 2.38. The third-order valence-electron chi connectivity index (χ3n) is 8.23. The lowest BCUT2D eigenvalue weighted by Crippen LogP contribution is -2.73. The predicted molar refractivity (Wildman–Crippen MR) is 183 cm³/mol. The number of rotatable bonds is 10. The molecule has 5 aromatic rings. The molecule has 2 aliphatic heterocycles. The minimum absolute atomic E-state index is 0.0212. The topological polar surface area (TPSA) is 119 Å². The monoisotopic (exact) mass is 674 g/mol. The minimum Gasteiger partial charge on any atom is -0.448 e.